The van der Waals surface area contributed by atoms with Crippen LogP contribution >= 0.6 is 0 Å². The summed E-state index contributed by atoms with van der Waals surface area (Å²) < 4.78 is 7.32. The highest BCUT2D eigenvalue weighted by atomic mass is 16.3. The van der Waals surface area contributed by atoms with E-state index in [-0.39, 0.29) is 17.7 Å². The fourth-order valence-corrected chi connectivity index (χ4v) is 3.43. The van der Waals surface area contributed by atoms with Gasteiger partial charge in [0, 0.05) is 32.1 Å². The smallest absolute Gasteiger partial charge is 0.253 e. The number of likely N-dealkylation sites (tertiary alicyclic amines) is 1. The maximum atomic E-state index is 12.5. The van der Waals surface area contributed by atoms with Gasteiger partial charge in [0.2, 0.25) is 5.91 Å². The summed E-state index contributed by atoms with van der Waals surface area (Å²) in [5, 5.41) is 11.3. The van der Waals surface area contributed by atoms with Crippen molar-refractivity contribution in [1.82, 2.24) is 24.8 Å². The van der Waals surface area contributed by atoms with Gasteiger partial charge in [0.25, 0.3) is 5.91 Å². The van der Waals surface area contributed by atoms with E-state index in [4.69, 9.17) is 4.42 Å². The molecule has 140 valence electrons. The number of hydrogen-bond donors (Lipinski definition) is 1. The van der Waals surface area contributed by atoms with Crippen LogP contribution in [0.25, 0.3) is 5.65 Å². The van der Waals surface area contributed by atoms with Crippen LogP contribution in [0, 0.1) is 6.92 Å². The number of pyridine rings is 1. The van der Waals surface area contributed by atoms with E-state index in [2.05, 4.69) is 15.5 Å². The summed E-state index contributed by atoms with van der Waals surface area (Å²) in [5.74, 6) is 2.30. The molecule has 3 aromatic heterocycles. The van der Waals surface area contributed by atoms with Gasteiger partial charge in [-0.1, -0.05) is 0 Å². The number of furan rings is 1. The Bertz CT molecular complexity index is 1010. The molecular weight excluding hydrogens is 346 g/mol. The molecule has 0 bridgehead atoms. The summed E-state index contributed by atoms with van der Waals surface area (Å²) in [6.45, 7) is 5.12. The predicted octanol–water partition coefficient (Wildman–Crippen LogP) is 1.90. The molecular formula is C19H21N5O3. The first-order valence-electron chi connectivity index (χ1n) is 8.95. The van der Waals surface area contributed by atoms with Crippen LogP contribution < -0.4 is 5.32 Å². The van der Waals surface area contributed by atoms with E-state index in [9.17, 15) is 9.59 Å². The lowest BCUT2D eigenvalue weighted by Crippen LogP contribution is -2.25. The lowest BCUT2D eigenvalue weighted by Gasteiger charge is -2.13. The van der Waals surface area contributed by atoms with Gasteiger partial charge in [-0.3, -0.25) is 14.0 Å². The van der Waals surface area contributed by atoms with Crippen LogP contribution in [0.5, 0.6) is 0 Å². The van der Waals surface area contributed by atoms with Crippen LogP contribution in [0.1, 0.15) is 47.0 Å². The van der Waals surface area contributed by atoms with Crippen molar-refractivity contribution in [2.45, 2.75) is 32.7 Å². The van der Waals surface area contributed by atoms with Crippen molar-refractivity contribution < 1.29 is 14.0 Å². The highest BCUT2D eigenvalue weighted by molar-refractivity contribution is 5.94. The van der Waals surface area contributed by atoms with E-state index in [1.165, 1.54) is 0 Å². The van der Waals surface area contributed by atoms with Crippen molar-refractivity contribution in [2.24, 2.45) is 0 Å². The molecule has 4 rings (SSSR count). The third-order valence-electron chi connectivity index (χ3n) is 4.91. The summed E-state index contributed by atoms with van der Waals surface area (Å²) in [4.78, 5) is 25.9. The van der Waals surface area contributed by atoms with Gasteiger partial charge in [0.1, 0.15) is 17.3 Å². The summed E-state index contributed by atoms with van der Waals surface area (Å²) in [6, 6.07) is 7.22. The Hall–Kier alpha value is -3.16. The molecule has 8 heteroatoms. The highest BCUT2D eigenvalue weighted by Crippen LogP contribution is 2.26. The second-order valence-electron chi connectivity index (χ2n) is 6.85. The van der Waals surface area contributed by atoms with Gasteiger partial charge in [-0.05, 0) is 37.6 Å². The zero-order valence-corrected chi connectivity index (χ0v) is 15.3. The SMILES string of the molecule is CC(=O)N1CCC(c2nnc3ccc(C(=O)NCc4ccc(C)o4)cn23)C1. The number of fused-ring (bicyclic) bond motifs is 1. The van der Waals surface area contributed by atoms with E-state index in [0.29, 0.717) is 30.1 Å². The number of nitrogens with zero attached hydrogens (tertiary/aromatic N) is 4. The summed E-state index contributed by atoms with van der Waals surface area (Å²) in [7, 11) is 0. The molecule has 2 amide bonds. The molecule has 0 aromatic carbocycles. The minimum Gasteiger partial charge on any atom is -0.465 e. The third-order valence-corrected chi connectivity index (χ3v) is 4.91. The van der Waals surface area contributed by atoms with Crippen molar-refractivity contribution >= 4 is 17.5 Å². The van der Waals surface area contributed by atoms with Crippen molar-refractivity contribution in [3.05, 3.63) is 53.4 Å². The molecule has 1 unspecified atom stereocenters. The van der Waals surface area contributed by atoms with E-state index >= 15 is 0 Å². The molecule has 0 spiro atoms. The molecule has 1 aliphatic heterocycles. The molecule has 0 aliphatic carbocycles. The van der Waals surface area contributed by atoms with Crippen molar-refractivity contribution in [1.29, 1.82) is 0 Å². The van der Waals surface area contributed by atoms with E-state index in [0.717, 1.165) is 24.6 Å². The molecule has 1 aliphatic rings. The normalized spacial score (nSPS) is 16.8. The first-order chi connectivity index (χ1) is 13.0. The summed E-state index contributed by atoms with van der Waals surface area (Å²) in [6.07, 6.45) is 2.60. The molecule has 1 N–H and O–H groups in total. The van der Waals surface area contributed by atoms with Gasteiger partial charge in [0.05, 0.1) is 12.1 Å². The molecule has 8 nitrogen and oxygen atoms in total. The van der Waals surface area contributed by atoms with Gasteiger partial charge in [-0.25, -0.2) is 0 Å². The lowest BCUT2D eigenvalue weighted by atomic mass is 10.1. The van der Waals surface area contributed by atoms with Gasteiger partial charge in [-0.2, -0.15) is 0 Å². The largest absolute Gasteiger partial charge is 0.465 e. The number of aryl methyl sites for hydroxylation is 1. The maximum absolute atomic E-state index is 12.5. The zero-order valence-electron chi connectivity index (χ0n) is 15.3. The molecule has 1 fully saturated rings. The van der Waals surface area contributed by atoms with Crippen molar-refractivity contribution in [3.8, 4) is 0 Å². The number of aromatic nitrogens is 3. The van der Waals surface area contributed by atoms with Crippen LogP contribution in [0.4, 0.5) is 0 Å². The first-order valence-corrected chi connectivity index (χ1v) is 8.95. The van der Waals surface area contributed by atoms with Crippen LogP contribution in [0.2, 0.25) is 0 Å². The topological polar surface area (TPSA) is 92.7 Å². The minimum absolute atomic E-state index is 0.0690. The van der Waals surface area contributed by atoms with Crippen LogP contribution in [0.15, 0.2) is 34.9 Å². The standard InChI is InChI=1S/C19H21N5O3/c1-12-3-5-16(27-12)9-20-19(26)15-4-6-17-21-22-18(24(17)11-15)14-7-8-23(10-14)13(2)25/h3-6,11,14H,7-10H2,1-2H3,(H,20,26). The molecule has 3 aromatic rings. The van der Waals surface area contributed by atoms with Gasteiger partial charge >= 0.3 is 0 Å². The zero-order chi connectivity index (χ0) is 19.0. The minimum atomic E-state index is -0.192. The fraction of sp³-hybridized carbons (Fsp3) is 0.368. The predicted molar refractivity (Wildman–Crippen MR) is 97.2 cm³/mol. The average Bonchev–Trinajstić information content (AvgIpc) is 3.37. The van der Waals surface area contributed by atoms with Crippen LogP contribution in [-0.4, -0.2) is 44.4 Å². The Morgan fingerprint density at radius 1 is 1.26 bits per heavy atom. The highest BCUT2D eigenvalue weighted by Gasteiger charge is 2.29. The van der Waals surface area contributed by atoms with E-state index in [1.54, 1.807) is 25.3 Å². The second-order valence-corrected chi connectivity index (χ2v) is 6.85. The molecule has 1 atom stereocenters. The Balaban J connectivity index is 1.53. The molecule has 27 heavy (non-hydrogen) atoms. The van der Waals surface area contributed by atoms with E-state index < -0.39 is 0 Å². The number of carbonyl (C=O) groups is 2. The first kappa shape index (κ1) is 17.3. The fourth-order valence-electron chi connectivity index (χ4n) is 3.43. The number of carbonyl (C=O) groups excluding carboxylic acids is 2. The molecule has 4 heterocycles. The Kier molecular flexibility index (Phi) is 4.39. The number of nitrogens with one attached hydrogen (secondary N) is 1. The third kappa shape index (κ3) is 3.42. The van der Waals surface area contributed by atoms with Gasteiger partial charge in [0.15, 0.2) is 5.65 Å². The van der Waals surface area contributed by atoms with Crippen molar-refractivity contribution in [3.63, 3.8) is 0 Å². The monoisotopic (exact) mass is 367 g/mol. The van der Waals surface area contributed by atoms with Crippen LogP contribution in [0.3, 0.4) is 0 Å². The number of rotatable bonds is 4. The second kappa shape index (κ2) is 6.86. The summed E-state index contributed by atoms with van der Waals surface area (Å²) in [5.41, 5.74) is 1.21. The average molecular weight is 367 g/mol. The lowest BCUT2D eigenvalue weighted by molar-refractivity contribution is -0.127. The number of amides is 2. The maximum Gasteiger partial charge on any atom is 0.253 e. The van der Waals surface area contributed by atoms with E-state index in [1.807, 2.05) is 28.4 Å². The van der Waals surface area contributed by atoms with Gasteiger partial charge in [-0.15, -0.1) is 10.2 Å². The Labute approximate surface area is 156 Å². The summed E-state index contributed by atoms with van der Waals surface area (Å²) >= 11 is 0. The van der Waals surface area contributed by atoms with Gasteiger partial charge < -0.3 is 14.6 Å². The molecule has 0 saturated carbocycles. The Morgan fingerprint density at radius 2 is 2.11 bits per heavy atom. The van der Waals surface area contributed by atoms with Crippen molar-refractivity contribution in [2.75, 3.05) is 13.1 Å². The quantitative estimate of drug-likeness (QED) is 0.760. The van der Waals surface area contributed by atoms with Crippen LogP contribution in [-0.2, 0) is 11.3 Å². The Morgan fingerprint density at radius 3 is 2.81 bits per heavy atom. The molecule has 1 saturated heterocycles. The number of hydrogen-bond acceptors (Lipinski definition) is 5. The molecule has 0 radical (unpaired) electrons.